The number of carbonyl (C=O) groups excluding carboxylic acids is 4. The zero-order valence-electron chi connectivity index (χ0n) is 28.8. The van der Waals surface area contributed by atoms with Gasteiger partial charge in [0.15, 0.2) is 0 Å². The van der Waals surface area contributed by atoms with E-state index in [1.54, 1.807) is 89.2 Å². The number of azo groups is 1. The number of pyridine rings is 2. The Kier molecular flexibility index (Phi) is 16.7. The van der Waals surface area contributed by atoms with Crippen LogP contribution in [0.15, 0.2) is 51.4 Å². The molecule has 0 saturated carbocycles. The van der Waals surface area contributed by atoms with Gasteiger partial charge in [-0.3, -0.25) is 9.69 Å². The predicted octanol–water partition coefficient (Wildman–Crippen LogP) is 8.60. The van der Waals surface area contributed by atoms with E-state index in [0.29, 0.717) is 0 Å². The van der Waals surface area contributed by atoms with E-state index in [-0.39, 0.29) is 12.2 Å². The maximum atomic E-state index is 13.0. The number of hydrogen-bond acceptors (Lipinski definition) is 10. The van der Waals surface area contributed by atoms with Crippen molar-refractivity contribution in [2.75, 3.05) is 11.4 Å². The molecule has 0 N–H and O–H groups in total. The van der Waals surface area contributed by atoms with Crippen LogP contribution in [0.25, 0.3) is 0 Å². The van der Waals surface area contributed by atoms with Gasteiger partial charge in [0.05, 0.1) is 11.9 Å². The molecule has 0 radical (unpaired) electrons. The molecule has 0 aromatic carbocycles. The highest BCUT2D eigenvalue weighted by atomic mass is 79.9. The minimum Gasteiger partial charge on any atom is -0.459 e. The molecule has 0 aliphatic rings. The van der Waals surface area contributed by atoms with E-state index < -0.39 is 58.5 Å². The van der Waals surface area contributed by atoms with Crippen LogP contribution < -0.4 is 4.90 Å². The summed E-state index contributed by atoms with van der Waals surface area (Å²) in [5.41, 5.74) is -2.51. The fourth-order valence-corrected chi connectivity index (χ4v) is 2.85. The number of aromatic nitrogens is 2. The molecule has 2 rings (SSSR count). The van der Waals surface area contributed by atoms with Crippen LogP contribution in [0.5, 0.6) is 0 Å². The molecule has 16 heteroatoms. The first-order chi connectivity index (χ1) is 21.2. The van der Waals surface area contributed by atoms with Gasteiger partial charge in [0.25, 0.3) is 0 Å². The fourth-order valence-electron chi connectivity index (χ4n) is 2.61. The lowest BCUT2D eigenvalue weighted by atomic mass is 10.2. The molecule has 0 bridgehead atoms. The lowest BCUT2D eigenvalue weighted by molar-refractivity contribution is -0.153. The number of rotatable bonds is 3. The van der Waals surface area contributed by atoms with E-state index in [1.807, 2.05) is 0 Å². The molecule has 13 nitrogen and oxygen atoms in total. The van der Waals surface area contributed by atoms with Crippen LogP contribution in [0.2, 0.25) is 0 Å². The van der Waals surface area contributed by atoms with Gasteiger partial charge in [0.2, 0.25) is 11.9 Å². The molecule has 262 valence electrons. The van der Waals surface area contributed by atoms with E-state index in [4.69, 9.17) is 18.9 Å². The average molecular weight is 733 g/mol. The normalized spacial score (nSPS) is 11.6. The van der Waals surface area contributed by atoms with E-state index in [9.17, 15) is 28.0 Å². The van der Waals surface area contributed by atoms with Crippen molar-refractivity contribution in [3.8, 4) is 0 Å². The van der Waals surface area contributed by atoms with Crippen molar-refractivity contribution in [2.24, 2.45) is 10.2 Å². The number of carbonyl (C=O) groups is 4. The molecule has 0 atom stereocenters. The Labute approximate surface area is 282 Å². The van der Waals surface area contributed by atoms with Crippen molar-refractivity contribution in [1.82, 2.24) is 9.97 Å². The van der Waals surface area contributed by atoms with E-state index in [2.05, 4.69) is 36.1 Å². The SMILES string of the molecule is CC(C)(C)OC(=O)CN(C(=O)OC(C)(C)C)c1ccc(F)nc1.CC(C)(C)OC(=O)N=NC(=O)OC(C)(C)C.Fc1ccc(Br)cn1. The largest absolute Gasteiger partial charge is 0.459 e. The maximum Gasteiger partial charge on any atom is 0.453 e. The zero-order valence-corrected chi connectivity index (χ0v) is 30.4. The van der Waals surface area contributed by atoms with Crippen molar-refractivity contribution in [2.45, 2.75) is 105 Å². The number of hydrogen-bond donors (Lipinski definition) is 0. The van der Waals surface area contributed by atoms with Crippen LogP contribution in [0.4, 0.5) is 28.9 Å². The van der Waals surface area contributed by atoms with Crippen LogP contribution in [-0.2, 0) is 23.7 Å². The fraction of sp³-hybridized carbons (Fsp3) is 0.548. The lowest BCUT2D eigenvalue weighted by Crippen LogP contribution is -2.42. The Bertz CT molecular complexity index is 1300. The quantitative estimate of drug-likeness (QED) is 0.129. The summed E-state index contributed by atoms with van der Waals surface area (Å²) in [5, 5.41) is 6.17. The lowest BCUT2D eigenvalue weighted by Gasteiger charge is -2.28. The number of nitrogens with zero attached hydrogens (tertiary/aromatic N) is 5. The van der Waals surface area contributed by atoms with Crippen LogP contribution in [0, 0.1) is 11.9 Å². The zero-order chi connectivity index (χ0) is 36.8. The summed E-state index contributed by atoms with van der Waals surface area (Å²) in [7, 11) is 0. The van der Waals surface area contributed by atoms with Gasteiger partial charge < -0.3 is 18.9 Å². The highest BCUT2D eigenvalue weighted by molar-refractivity contribution is 9.10. The molecule has 0 fully saturated rings. The highest BCUT2D eigenvalue weighted by Gasteiger charge is 2.28. The first-order valence-corrected chi connectivity index (χ1v) is 14.9. The topological polar surface area (TPSA) is 159 Å². The summed E-state index contributed by atoms with van der Waals surface area (Å²) in [6.07, 6.45) is -0.00707. The maximum absolute atomic E-state index is 13.0. The number of amides is 3. The van der Waals surface area contributed by atoms with Gasteiger partial charge >= 0.3 is 24.2 Å². The van der Waals surface area contributed by atoms with Gasteiger partial charge in [0.1, 0.15) is 28.9 Å². The number of ether oxygens (including phenoxy) is 4. The second-order valence-corrected chi connectivity index (χ2v) is 14.4. The molecular weight excluding hydrogens is 688 g/mol. The molecule has 47 heavy (non-hydrogen) atoms. The highest BCUT2D eigenvalue weighted by Crippen LogP contribution is 2.19. The Hall–Kier alpha value is -4.08. The summed E-state index contributed by atoms with van der Waals surface area (Å²) < 4.78 is 45.8. The molecule has 2 aromatic rings. The minimum atomic E-state index is -0.918. The molecule has 0 saturated heterocycles. The Morgan fingerprint density at radius 2 is 1.06 bits per heavy atom. The monoisotopic (exact) mass is 731 g/mol. The number of anilines is 1. The third-order valence-electron chi connectivity index (χ3n) is 4.04. The Morgan fingerprint density at radius 3 is 1.38 bits per heavy atom. The smallest absolute Gasteiger partial charge is 0.453 e. The van der Waals surface area contributed by atoms with Crippen molar-refractivity contribution in [1.29, 1.82) is 0 Å². The Balaban J connectivity index is 0.000000758. The van der Waals surface area contributed by atoms with Gasteiger partial charge in [-0.15, -0.1) is 0 Å². The molecular formula is C31H44BrF2N5O8. The number of esters is 1. The van der Waals surface area contributed by atoms with Gasteiger partial charge in [-0.05, 0) is 123 Å². The standard InChI is InChI=1S/C16H23FN2O4.C10H18N2O4.C5H3BrFN/c1-15(2,3)22-13(20)10-19(14(21)23-16(4,5)6)11-7-8-12(17)18-9-11;1-9(2,3)15-7(13)11-12-8(14)16-10(4,5)6;6-4-1-2-5(7)8-3-4/h7-9H,10H2,1-6H3;1-6H3;1-3H. The molecule has 0 spiro atoms. The molecule has 3 amide bonds. The van der Waals surface area contributed by atoms with Crippen LogP contribution in [0.1, 0.15) is 83.1 Å². The second-order valence-electron chi connectivity index (χ2n) is 13.5. The summed E-state index contributed by atoms with van der Waals surface area (Å²) in [6.45, 7) is 20.1. The Morgan fingerprint density at radius 1 is 0.660 bits per heavy atom. The van der Waals surface area contributed by atoms with E-state index in [0.717, 1.165) is 21.6 Å². The average Bonchev–Trinajstić information content (AvgIpc) is 2.85. The summed E-state index contributed by atoms with van der Waals surface area (Å²) in [5.74, 6) is -1.74. The van der Waals surface area contributed by atoms with Crippen LogP contribution >= 0.6 is 15.9 Å². The first kappa shape index (κ1) is 42.9. The minimum absolute atomic E-state index is 0.242. The van der Waals surface area contributed by atoms with Crippen molar-refractivity contribution < 1.29 is 46.9 Å². The first-order valence-electron chi connectivity index (χ1n) is 14.1. The molecule has 0 aliphatic heterocycles. The summed E-state index contributed by atoms with van der Waals surface area (Å²) >= 11 is 3.12. The van der Waals surface area contributed by atoms with Crippen LogP contribution in [0.3, 0.4) is 0 Å². The van der Waals surface area contributed by atoms with Gasteiger partial charge in [-0.25, -0.2) is 24.4 Å². The van der Waals surface area contributed by atoms with Crippen molar-refractivity contribution in [3.05, 3.63) is 53.0 Å². The molecule has 2 heterocycles. The van der Waals surface area contributed by atoms with Crippen molar-refractivity contribution in [3.63, 3.8) is 0 Å². The second kappa shape index (κ2) is 18.3. The molecule has 0 aliphatic carbocycles. The summed E-state index contributed by atoms with van der Waals surface area (Å²) in [4.78, 5) is 54.3. The van der Waals surface area contributed by atoms with Crippen LogP contribution in [-0.4, -0.2) is 63.2 Å². The van der Waals surface area contributed by atoms with Gasteiger partial charge in [-0.1, -0.05) is 10.2 Å². The summed E-state index contributed by atoms with van der Waals surface area (Å²) in [6, 6.07) is 5.34. The van der Waals surface area contributed by atoms with E-state index in [1.165, 1.54) is 18.3 Å². The van der Waals surface area contributed by atoms with Gasteiger partial charge in [0, 0.05) is 10.7 Å². The third kappa shape index (κ3) is 23.9. The third-order valence-corrected chi connectivity index (χ3v) is 4.51. The molecule has 2 aromatic heterocycles. The predicted molar refractivity (Wildman–Crippen MR) is 173 cm³/mol. The molecule has 0 unspecified atom stereocenters. The number of halogens is 3. The van der Waals surface area contributed by atoms with Crippen molar-refractivity contribution >= 4 is 45.9 Å². The van der Waals surface area contributed by atoms with E-state index >= 15 is 0 Å². The van der Waals surface area contributed by atoms with Gasteiger partial charge in [-0.2, -0.15) is 8.78 Å².